The second kappa shape index (κ2) is 5.72. The van der Waals surface area contributed by atoms with E-state index in [0.29, 0.717) is 0 Å². The van der Waals surface area contributed by atoms with Gasteiger partial charge in [-0.3, -0.25) is 4.72 Å². The van der Waals surface area contributed by atoms with E-state index >= 15 is 0 Å². The van der Waals surface area contributed by atoms with Gasteiger partial charge in [-0.25, -0.2) is 12.8 Å². The summed E-state index contributed by atoms with van der Waals surface area (Å²) in [6.07, 6.45) is 0.209. The van der Waals surface area contributed by atoms with Gasteiger partial charge in [-0.1, -0.05) is 24.3 Å². The van der Waals surface area contributed by atoms with Crippen LogP contribution in [0, 0.1) is 17.1 Å². The molecule has 102 valence electrons. The third-order valence-corrected chi connectivity index (χ3v) is 4.02. The van der Waals surface area contributed by atoms with Gasteiger partial charge in [-0.2, -0.15) is 5.26 Å². The molecule has 0 atom stereocenters. The first-order valence-corrected chi connectivity index (χ1v) is 7.24. The van der Waals surface area contributed by atoms with Crippen molar-refractivity contribution in [2.24, 2.45) is 0 Å². The number of hydrogen-bond acceptors (Lipinski definition) is 3. The van der Waals surface area contributed by atoms with Crippen molar-refractivity contribution in [3.05, 3.63) is 59.9 Å². The molecule has 0 aliphatic carbocycles. The van der Waals surface area contributed by atoms with E-state index in [0.717, 1.165) is 5.56 Å². The molecule has 0 unspecified atom stereocenters. The molecular weight excluding hydrogens is 279 g/mol. The Morgan fingerprint density at radius 1 is 1.10 bits per heavy atom. The number of anilines is 1. The Kier molecular flexibility index (Phi) is 4.01. The Morgan fingerprint density at radius 3 is 2.35 bits per heavy atom. The molecule has 2 aromatic carbocycles. The molecule has 0 bridgehead atoms. The SMILES string of the molecule is N#CCc1ccc(S(=O)(=O)Nc2ccccc2F)cc1. The van der Waals surface area contributed by atoms with Crippen LogP contribution in [0.3, 0.4) is 0 Å². The number of nitrogens with zero attached hydrogens (tertiary/aromatic N) is 1. The Hall–Kier alpha value is -2.39. The standard InChI is InChI=1S/C14H11FN2O2S/c15-13-3-1-2-4-14(13)17-20(18,19)12-7-5-11(6-8-12)9-10-16/h1-8,17H,9H2. The number of halogens is 1. The van der Waals surface area contributed by atoms with Crippen LogP contribution in [-0.4, -0.2) is 8.42 Å². The van der Waals surface area contributed by atoms with Crippen LogP contribution in [0.5, 0.6) is 0 Å². The van der Waals surface area contributed by atoms with Crippen LogP contribution in [-0.2, 0) is 16.4 Å². The summed E-state index contributed by atoms with van der Waals surface area (Å²) in [4.78, 5) is 0.0162. The number of nitrogens with one attached hydrogen (secondary N) is 1. The van der Waals surface area contributed by atoms with Gasteiger partial charge in [0.2, 0.25) is 0 Å². The molecule has 0 saturated carbocycles. The molecule has 0 amide bonds. The van der Waals surface area contributed by atoms with Gasteiger partial charge in [0.05, 0.1) is 23.1 Å². The Labute approximate surface area is 116 Å². The monoisotopic (exact) mass is 290 g/mol. The first-order valence-electron chi connectivity index (χ1n) is 5.76. The second-order valence-electron chi connectivity index (χ2n) is 4.06. The van der Waals surface area contributed by atoms with Crippen LogP contribution in [0.25, 0.3) is 0 Å². The van der Waals surface area contributed by atoms with Gasteiger partial charge in [0.25, 0.3) is 10.0 Å². The number of benzene rings is 2. The first kappa shape index (κ1) is 14.0. The highest BCUT2D eigenvalue weighted by atomic mass is 32.2. The molecule has 20 heavy (non-hydrogen) atoms. The van der Waals surface area contributed by atoms with E-state index in [-0.39, 0.29) is 17.0 Å². The van der Waals surface area contributed by atoms with Crippen LogP contribution >= 0.6 is 0 Å². The maximum absolute atomic E-state index is 13.4. The highest BCUT2D eigenvalue weighted by molar-refractivity contribution is 7.92. The van der Waals surface area contributed by atoms with Crippen molar-refractivity contribution < 1.29 is 12.8 Å². The zero-order chi connectivity index (χ0) is 14.6. The fourth-order valence-electron chi connectivity index (χ4n) is 1.63. The molecule has 6 heteroatoms. The quantitative estimate of drug-likeness (QED) is 0.941. The highest BCUT2D eigenvalue weighted by Crippen LogP contribution is 2.19. The molecule has 4 nitrogen and oxygen atoms in total. The van der Waals surface area contributed by atoms with Crippen LogP contribution in [0.1, 0.15) is 5.56 Å². The molecule has 0 aromatic heterocycles. The predicted octanol–water partition coefficient (Wildman–Crippen LogP) is 2.69. The van der Waals surface area contributed by atoms with Crippen LogP contribution in [0.4, 0.5) is 10.1 Å². The molecule has 2 rings (SSSR count). The molecule has 0 fully saturated rings. The van der Waals surface area contributed by atoms with Gasteiger partial charge in [0, 0.05) is 0 Å². The second-order valence-corrected chi connectivity index (χ2v) is 5.75. The van der Waals surface area contributed by atoms with E-state index in [1.165, 1.54) is 36.4 Å². The maximum Gasteiger partial charge on any atom is 0.261 e. The fourth-order valence-corrected chi connectivity index (χ4v) is 2.69. The molecule has 0 radical (unpaired) electrons. The predicted molar refractivity (Wildman–Crippen MR) is 73.0 cm³/mol. The topological polar surface area (TPSA) is 70.0 Å². The van der Waals surface area contributed by atoms with E-state index in [1.54, 1.807) is 12.1 Å². The summed E-state index contributed by atoms with van der Waals surface area (Å²) in [6.45, 7) is 0. The van der Waals surface area contributed by atoms with Gasteiger partial charge in [-0.15, -0.1) is 0 Å². The summed E-state index contributed by atoms with van der Waals surface area (Å²) in [5.74, 6) is -0.642. The van der Waals surface area contributed by atoms with E-state index in [9.17, 15) is 12.8 Å². The van der Waals surface area contributed by atoms with Crippen molar-refractivity contribution in [3.63, 3.8) is 0 Å². The van der Waals surface area contributed by atoms with Crippen LogP contribution in [0.2, 0.25) is 0 Å². The van der Waals surface area contributed by atoms with E-state index in [2.05, 4.69) is 4.72 Å². The molecule has 1 N–H and O–H groups in total. The van der Waals surface area contributed by atoms with Crippen molar-refractivity contribution in [2.75, 3.05) is 4.72 Å². The molecule has 0 heterocycles. The number of nitriles is 1. The Balaban J connectivity index is 2.27. The van der Waals surface area contributed by atoms with Gasteiger partial charge >= 0.3 is 0 Å². The zero-order valence-electron chi connectivity index (χ0n) is 10.4. The average Bonchev–Trinajstić information content (AvgIpc) is 2.42. The largest absolute Gasteiger partial charge is 0.277 e. The van der Waals surface area contributed by atoms with E-state index < -0.39 is 15.8 Å². The van der Waals surface area contributed by atoms with E-state index in [4.69, 9.17) is 5.26 Å². The number of rotatable bonds is 4. The lowest BCUT2D eigenvalue weighted by molar-refractivity contribution is 0.598. The first-order chi connectivity index (χ1) is 9.53. The third kappa shape index (κ3) is 3.13. The zero-order valence-corrected chi connectivity index (χ0v) is 11.2. The van der Waals surface area contributed by atoms with Crippen LogP contribution in [0.15, 0.2) is 53.4 Å². The van der Waals surface area contributed by atoms with E-state index in [1.807, 2.05) is 6.07 Å². The normalized spacial score (nSPS) is 10.8. The molecule has 0 aliphatic rings. The smallest absolute Gasteiger partial charge is 0.261 e. The highest BCUT2D eigenvalue weighted by Gasteiger charge is 2.15. The molecular formula is C14H11FN2O2S. The summed E-state index contributed by atoms with van der Waals surface area (Å²) in [5, 5.41) is 8.55. The summed E-state index contributed by atoms with van der Waals surface area (Å²) in [5.41, 5.74) is 0.617. The molecule has 0 saturated heterocycles. The third-order valence-electron chi connectivity index (χ3n) is 2.64. The van der Waals surface area contributed by atoms with Crippen molar-refractivity contribution in [2.45, 2.75) is 11.3 Å². The molecule has 2 aromatic rings. The van der Waals surface area contributed by atoms with Crippen molar-refractivity contribution >= 4 is 15.7 Å². The van der Waals surface area contributed by atoms with Gasteiger partial charge in [-0.05, 0) is 29.8 Å². The van der Waals surface area contributed by atoms with Gasteiger partial charge in [0.1, 0.15) is 5.82 Å². The van der Waals surface area contributed by atoms with Crippen molar-refractivity contribution in [1.29, 1.82) is 5.26 Å². The average molecular weight is 290 g/mol. The van der Waals surface area contributed by atoms with Gasteiger partial charge in [0.15, 0.2) is 0 Å². The summed E-state index contributed by atoms with van der Waals surface area (Å²) in [7, 11) is -3.84. The Bertz CT molecular complexity index is 749. The molecule has 0 spiro atoms. The fraction of sp³-hybridized carbons (Fsp3) is 0.0714. The lowest BCUT2D eigenvalue weighted by Gasteiger charge is -2.09. The van der Waals surface area contributed by atoms with Crippen molar-refractivity contribution in [3.8, 4) is 6.07 Å². The summed E-state index contributed by atoms with van der Waals surface area (Å²) >= 11 is 0. The minimum absolute atomic E-state index is 0.0162. The van der Waals surface area contributed by atoms with Crippen LogP contribution < -0.4 is 4.72 Å². The summed E-state index contributed by atoms with van der Waals surface area (Å²) in [6, 6.07) is 13.4. The molecule has 0 aliphatic heterocycles. The maximum atomic E-state index is 13.4. The minimum atomic E-state index is -3.84. The summed E-state index contributed by atoms with van der Waals surface area (Å²) < 4.78 is 39.8. The number of sulfonamides is 1. The van der Waals surface area contributed by atoms with Gasteiger partial charge < -0.3 is 0 Å². The number of para-hydroxylation sites is 1. The number of hydrogen-bond donors (Lipinski definition) is 1. The minimum Gasteiger partial charge on any atom is -0.277 e. The Morgan fingerprint density at radius 2 is 1.75 bits per heavy atom. The van der Waals surface area contributed by atoms with Crippen molar-refractivity contribution in [1.82, 2.24) is 0 Å². The lowest BCUT2D eigenvalue weighted by atomic mass is 10.2. The lowest BCUT2D eigenvalue weighted by Crippen LogP contribution is -2.13.